The third-order valence-electron chi connectivity index (χ3n) is 12.3. The molecule has 64 heavy (non-hydrogen) atoms. The van der Waals surface area contributed by atoms with Crippen LogP contribution in [0, 0.1) is 30.6 Å². The quantitative estimate of drug-likeness (QED) is 0.0525. The van der Waals surface area contributed by atoms with Crippen LogP contribution in [0.5, 0.6) is 17.2 Å². The molecule has 2 aliphatic heterocycles. The number of nitrogens with zero attached hydrogens (tertiary/aromatic N) is 2. The summed E-state index contributed by atoms with van der Waals surface area (Å²) in [6.07, 6.45) is 4.37. The number of amides is 1. The molecule has 3 aromatic carbocycles. The lowest BCUT2D eigenvalue weighted by molar-refractivity contribution is -0.160. The first-order chi connectivity index (χ1) is 30.2. The smallest absolute Gasteiger partial charge is 0.312 e. The van der Waals surface area contributed by atoms with Crippen molar-refractivity contribution in [3.05, 3.63) is 75.7 Å². The second kappa shape index (κ2) is 19.1. The molecule has 16 heteroatoms. The SMILES string of the molecule is CO[C@H]1/C=C/O[C@@]2(C)Oc3c(C)c(=O)c4c(O)c(c5oc6cc(OCCCN(C)C)ccc6nc5c4c3C2=O)NC(=O)/C(C)=C\C=C\[C@H](C)[C@H](O)[C@@H](C)[C@@H](O)[C@@H](C)[C@H](OC(C)=O)[C@@H]1C. The zero-order chi connectivity index (χ0) is 46.9. The lowest BCUT2D eigenvalue weighted by Crippen LogP contribution is -2.46. The minimum atomic E-state index is -2.04. The van der Waals surface area contributed by atoms with E-state index >= 15 is 0 Å². The summed E-state index contributed by atoms with van der Waals surface area (Å²) in [6, 6.07) is 5.01. The largest absolute Gasteiger partial charge is 0.505 e. The molecule has 1 aromatic heterocycles. The summed E-state index contributed by atoms with van der Waals surface area (Å²) in [5.74, 6) is -6.78. The van der Waals surface area contributed by atoms with Crippen molar-refractivity contribution in [1.82, 2.24) is 9.88 Å². The van der Waals surface area contributed by atoms with Crippen LogP contribution < -0.4 is 20.2 Å². The zero-order valence-electron chi connectivity index (χ0n) is 38.2. The van der Waals surface area contributed by atoms with Crippen molar-refractivity contribution < 1.29 is 57.8 Å². The molecule has 2 aliphatic rings. The van der Waals surface area contributed by atoms with E-state index in [0.29, 0.717) is 17.9 Å². The van der Waals surface area contributed by atoms with E-state index in [1.54, 1.807) is 58.0 Å². The van der Waals surface area contributed by atoms with E-state index in [4.69, 9.17) is 33.1 Å². The molecule has 3 heterocycles. The van der Waals surface area contributed by atoms with Gasteiger partial charge in [-0.2, -0.15) is 0 Å². The summed E-state index contributed by atoms with van der Waals surface area (Å²) in [5.41, 5.74) is -0.502. The van der Waals surface area contributed by atoms with Crippen LogP contribution >= 0.6 is 0 Å². The number of esters is 1. The lowest BCUT2D eigenvalue weighted by Gasteiger charge is -2.38. The fourth-order valence-electron chi connectivity index (χ4n) is 8.45. The van der Waals surface area contributed by atoms with Crippen molar-refractivity contribution >= 4 is 56.3 Å². The summed E-state index contributed by atoms with van der Waals surface area (Å²) in [7, 11) is 5.38. The van der Waals surface area contributed by atoms with Gasteiger partial charge in [0.2, 0.25) is 0 Å². The Bertz CT molecular complexity index is 2620. The maximum atomic E-state index is 14.7. The van der Waals surface area contributed by atoms with E-state index in [1.807, 2.05) is 19.0 Å². The molecular weight excluding hydrogens is 827 g/mol. The van der Waals surface area contributed by atoms with E-state index in [-0.39, 0.29) is 55.6 Å². The molecule has 0 fully saturated rings. The number of ether oxygens (including phenoxy) is 5. The van der Waals surface area contributed by atoms with Crippen LogP contribution in [0.4, 0.5) is 5.69 Å². The molecule has 0 saturated carbocycles. The number of anilines is 1. The Hall–Kier alpha value is -5.81. The van der Waals surface area contributed by atoms with Gasteiger partial charge in [-0.25, -0.2) is 4.98 Å². The van der Waals surface area contributed by atoms with Gasteiger partial charge in [0.05, 0.1) is 42.1 Å². The van der Waals surface area contributed by atoms with Crippen molar-refractivity contribution in [2.45, 2.75) is 92.0 Å². The Morgan fingerprint density at radius 1 is 1.00 bits per heavy atom. The predicted molar refractivity (Wildman–Crippen MR) is 240 cm³/mol. The fraction of sp³-hybridized carbons (Fsp3) is 0.479. The highest BCUT2D eigenvalue weighted by Gasteiger charge is 2.49. The standard InChI is InChI=1S/C48H59N3O13/c1-23-14-12-15-24(2)47(58)50-38-42(56)35-34(37-45(38)63-33-22-30(16-17-31(33)49-37)60-20-13-19-51(9)10)36-44(28(6)41(35)55)64-48(8,46(36)57)61-21-18-32(59-11)25(3)43(62-29(7)52)27(5)40(54)26(4)39(23)53/h12,14-18,21-23,25-27,32,39-40,43,53-54,56H,13,19-20H2,1-11H3,(H,50,58)/b14-12+,21-18+,24-15-/t23-,25+,26+,27+,32-,39-,40+,43+,48-/m0/s1. The number of phenols is 1. The Labute approximate surface area is 371 Å². The van der Waals surface area contributed by atoms with Gasteiger partial charge in [0.1, 0.15) is 34.3 Å². The number of fused-ring (bicyclic) bond motifs is 2. The second-order valence-electron chi connectivity index (χ2n) is 17.4. The topological polar surface area (TPSA) is 216 Å². The van der Waals surface area contributed by atoms with Crippen LogP contribution in [0.3, 0.4) is 0 Å². The maximum absolute atomic E-state index is 14.7. The minimum Gasteiger partial charge on any atom is -0.505 e. The number of allylic oxidation sites excluding steroid dienone is 2. The van der Waals surface area contributed by atoms with Crippen molar-refractivity contribution in [2.24, 2.45) is 23.7 Å². The van der Waals surface area contributed by atoms with Gasteiger partial charge >= 0.3 is 11.8 Å². The highest BCUT2D eigenvalue weighted by Crippen LogP contribution is 2.48. The highest BCUT2D eigenvalue weighted by atomic mass is 16.7. The summed E-state index contributed by atoms with van der Waals surface area (Å²) < 4.78 is 36.3. The molecule has 16 nitrogen and oxygen atoms in total. The van der Waals surface area contributed by atoms with E-state index in [2.05, 4.69) is 5.32 Å². The third kappa shape index (κ3) is 9.23. The molecule has 0 spiro atoms. The van der Waals surface area contributed by atoms with Crippen molar-refractivity contribution in [3.8, 4) is 17.2 Å². The van der Waals surface area contributed by atoms with Crippen molar-refractivity contribution in [3.63, 3.8) is 0 Å². The normalized spacial score (nSPS) is 28.8. The first kappa shape index (κ1) is 47.7. The molecule has 0 unspecified atom stereocenters. The van der Waals surface area contributed by atoms with Crippen LogP contribution in [0.1, 0.15) is 70.8 Å². The highest BCUT2D eigenvalue weighted by molar-refractivity contribution is 6.26. The number of hydrogen-bond acceptors (Lipinski definition) is 15. The number of benzene rings is 3. The van der Waals surface area contributed by atoms with Gasteiger partial charge in [0.25, 0.3) is 11.7 Å². The first-order valence-corrected chi connectivity index (χ1v) is 21.4. The van der Waals surface area contributed by atoms with Gasteiger partial charge in [0, 0.05) is 73.8 Å². The molecule has 6 rings (SSSR count). The number of rotatable bonds is 7. The molecule has 9 atom stereocenters. The number of nitrogens with one attached hydrogen (secondary N) is 1. The van der Waals surface area contributed by atoms with Gasteiger partial charge in [-0.3, -0.25) is 19.2 Å². The fourth-order valence-corrected chi connectivity index (χ4v) is 8.45. The average Bonchev–Trinajstić information content (AvgIpc) is 3.52. The third-order valence-corrected chi connectivity index (χ3v) is 12.3. The van der Waals surface area contributed by atoms with E-state index in [1.165, 1.54) is 53.2 Å². The molecule has 0 radical (unpaired) electrons. The Kier molecular flexibility index (Phi) is 14.2. The minimum absolute atomic E-state index is 0.00898. The molecule has 344 valence electrons. The second-order valence-corrected chi connectivity index (χ2v) is 17.4. The Balaban J connectivity index is 1.56. The van der Waals surface area contributed by atoms with Gasteiger partial charge in [-0.1, -0.05) is 45.9 Å². The number of aliphatic hydroxyl groups excluding tert-OH is 2. The monoisotopic (exact) mass is 885 g/mol. The molecule has 0 aliphatic carbocycles. The van der Waals surface area contributed by atoms with Gasteiger partial charge in [-0.15, -0.1) is 0 Å². The number of aromatic hydroxyl groups is 1. The molecule has 4 bridgehead atoms. The number of Topliss-reactive ketones (excluding diaryl/α,β-unsaturated/α-hetero) is 1. The van der Waals surface area contributed by atoms with Crippen LogP contribution in [-0.4, -0.2) is 107 Å². The summed E-state index contributed by atoms with van der Waals surface area (Å²) in [5, 5.41) is 37.4. The van der Waals surface area contributed by atoms with Crippen LogP contribution in [0.25, 0.3) is 33.0 Å². The Morgan fingerprint density at radius 3 is 2.39 bits per heavy atom. The number of ketones is 1. The summed E-state index contributed by atoms with van der Waals surface area (Å²) in [6.45, 7) is 13.8. The van der Waals surface area contributed by atoms with E-state index < -0.39 is 82.7 Å². The van der Waals surface area contributed by atoms with Crippen LogP contribution in [-0.2, 0) is 23.8 Å². The number of phenolic OH excluding ortho intramolecular Hbond substituents is 1. The van der Waals surface area contributed by atoms with Crippen molar-refractivity contribution in [1.29, 1.82) is 0 Å². The first-order valence-electron chi connectivity index (χ1n) is 21.4. The zero-order valence-corrected chi connectivity index (χ0v) is 38.2. The number of carbonyl (C=O) groups excluding carboxylic acids is 3. The molecular formula is C48H59N3O13. The molecule has 1 amide bonds. The van der Waals surface area contributed by atoms with Crippen molar-refractivity contribution in [2.75, 3.05) is 39.7 Å². The summed E-state index contributed by atoms with van der Waals surface area (Å²) in [4.78, 5) is 62.3. The molecule has 4 N–H and O–H groups in total. The number of methoxy groups -OCH3 is 1. The molecule has 4 aromatic rings. The van der Waals surface area contributed by atoms with Crippen LogP contribution in [0.2, 0.25) is 0 Å². The van der Waals surface area contributed by atoms with Gasteiger partial charge < -0.3 is 53.6 Å². The van der Waals surface area contributed by atoms with Gasteiger partial charge in [0.15, 0.2) is 22.3 Å². The molecule has 0 saturated heterocycles. The Morgan fingerprint density at radius 2 is 1.72 bits per heavy atom. The average molecular weight is 886 g/mol. The summed E-state index contributed by atoms with van der Waals surface area (Å²) >= 11 is 0. The predicted octanol–water partition coefficient (Wildman–Crippen LogP) is 6.33. The lowest BCUT2D eigenvalue weighted by atomic mass is 9.78. The number of hydrogen-bond donors (Lipinski definition) is 4. The number of aromatic nitrogens is 1. The number of carbonyl (C=O) groups is 3. The van der Waals surface area contributed by atoms with E-state index in [9.17, 15) is 34.5 Å². The van der Waals surface area contributed by atoms with Gasteiger partial charge in [-0.05, 0) is 52.6 Å². The van der Waals surface area contributed by atoms with E-state index in [0.717, 1.165) is 13.0 Å². The van der Waals surface area contributed by atoms with Crippen LogP contribution in [0.15, 0.2) is 63.6 Å². The maximum Gasteiger partial charge on any atom is 0.312 e. The number of aliphatic hydroxyl groups is 2.